The summed E-state index contributed by atoms with van der Waals surface area (Å²) in [5.41, 5.74) is 2.47. The van der Waals surface area contributed by atoms with Crippen molar-refractivity contribution in [1.82, 2.24) is 10.0 Å². The maximum atomic E-state index is 13.3. The van der Waals surface area contributed by atoms with Crippen molar-refractivity contribution in [1.29, 1.82) is 0 Å². The largest absolute Gasteiger partial charge is 0.497 e. The highest BCUT2D eigenvalue weighted by molar-refractivity contribution is 7.89. The van der Waals surface area contributed by atoms with Gasteiger partial charge in [0, 0.05) is 0 Å². The topological polar surface area (TPSA) is 93.7 Å². The smallest absolute Gasteiger partial charge is 0.244 e. The van der Waals surface area contributed by atoms with Crippen LogP contribution in [0.3, 0.4) is 0 Å². The second kappa shape index (κ2) is 11.2. The van der Waals surface area contributed by atoms with Gasteiger partial charge >= 0.3 is 0 Å². The minimum absolute atomic E-state index is 0.0101. The Kier molecular flexibility index (Phi) is 8.31. The molecule has 0 aliphatic carbocycles. The molecule has 3 aromatic carbocycles. The van der Waals surface area contributed by atoms with Gasteiger partial charge in [0.05, 0.1) is 20.3 Å². The summed E-state index contributed by atoms with van der Waals surface area (Å²) in [7, 11) is -1.05. The van der Waals surface area contributed by atoms with Crippen LogP contribution in [-0.2, 0) is 21.2 Å². The molecule has 2 atom stereocenters. The Balaban J connectivity index is 1.87. The van der Waals surface area contributed by atoms with Crippen molar-refractivity contribution in [3.8, 4) is 11.5 Å². The van der Waals surface area contributed by atoms with E-state index in [2.05, 4.69) is 10.0 Å². The summed E-state index contributed by atoms with van der Waals surface area (Å²) in [6.45, 7) is 3.64. The lowest BCUT2D eigenvalue weighted by Crippen LogP contribution is -2.48. The molecule has 1 amide bonds. The molecule has 0 aliphatic rings. The van der Waals surface area contributed by atoms with E-state index < -0.39 is 22.0 Å². The number of carbonyl (C=O) groups excluding carboxylic acids is 1. The zero-order valence-corrected chi connectivity index (χ0v) is 20.6. The molecule has 8 heteroatoms. The zero-order valence-electron chi connectivity index (χ0n) is 19.7. The fourth-order valence-corrected chi connectivity index (χ4v) is 5.02. The van der Waals surface area contributed by atoms with Crippen molar-refractivity contribution in [2.45, 2.75) is 37.2 Å². The van der Waals surface area contributed by atoms with Gasteiger partial charge in [-0.3, -0.25) is 4.79 Å². The fraction of sp³-hybridized carbons (Fsp3) is 0.269. The molecule has 7 nitrogen and oxygen atoms in total. The van der Waals surface area contributed by atoms with E-state index in [0.717, 1.165) is 16.7 Å². The van der Waals surface area contributed by atoms with Crippen LogP contribution in [0.4, 0.5) is 0 Å². The molecule has 0 radical (unpaired) electrons. The van der Waals surface area contributed by atoms with Crippen LogP contribution in [0.1, 0.15) is 29.7 Å². The van der Waals surface area contributed by atoms with E-state index in [1.165, 1.54) is 13.2 Å². The molecule has 0 saturated heterocycles. The number of nitrogens with one attached hydrogen (secondary N) is 2. The minimum atomic E-state index is -4.05. The molecule has 2 N–H and O–H groups in total. The standard InChI is InChI=1S/C26H30N2O5S/c1-18-10-15-24(33-4)25(16-18)34(30,31)28-23(17-20-8-6-5-7-9-20)26(29)27-19(2)21-11-13-22(32-3)14-12-21/h5-16,19,23,28H,17H2,1-4H3,(H,27,29)/t19-,23+/m1/s1. The van der Waals surface area contributed by atoms with Crippen LogP contribution >= 0.6 is 0 Å². The van der Waals surface area contributed by atoms with Gasteiger partial charge in [0.1, 0.15) is 22.4 Å². The summed E-state index contributed by atoms with van der Waals surface area (Å²) in [4.78, 5) is 13.3. The number of aryl methyl sites for hydroxylation is 1. The molecule has 34 heavy (non-hydrogen) atoms. The summed E-state index contributed by atoms with van der Waals surface area (Å²) in [5, 5.41) is 2.93. The van der Waals surface area contributed by atoms with Crippen LogP contribution < -0.4 is 19.5 Å². The molecular weight excluding hydrogens is 452 g/mol. The van der Waals surface area contributed by atoms with Gasteiger partial charge in [-0.25, -0.2) is 8.42 Å². The van der Waals surface area contributed by atoms with Gasteiger partial charge in [-0.15, -0.1) is 0 Å². The third-order valence-electron chi connectivity index (χ3n) is 5.48. The van der Waals surface area contributed by atoms with Crippen molar-refractivity contribution < 1.29 is 22.7 Å². The van der Waals surface area contributed by atoms with E-state index in [4.69, 9.17) is 9.47 Å². The Bertz CT molecular complexity index is 1210. The van der Waals surface area contributed by atoms with Crippen LogP contribution in [0.2, 0.25) is 0 Å². The average Bonchev–Trinajstić information content (AvgIpc) is 2.84. The third kappa shape index (κ3) is 6.36. The molecule has 0 fully saturated rings. The van der Waals surface area contributed by atoms with E-state index in [-0.39, 0.29) is 23.1 Å². The Morgan fingerprint density at radius 2 is 1.62 bits per heavy atom. The van der Waals surface area contributed by atoms with E-state index >= 15 is 0 Å². The molecular formula is C26H30N2O5S. The summed E-state index contributed by atoms with van der Waals surface area (Å²) >= 11 is 0. The van der Waals surface area contributed by atoms with Gasteiger partial charge in [-0.1, -0.05) is 48.5 Å². The van der Waals surface area contributed by atoms with Crippen LogP contribution in [0.25, 0.3) is 0 Å². The molecule has 0 aliphatic heterocycles. The molecule has 0 saturated carbocycles. The number of amides is 1. The lowest BCUT2D eigenvalue weighted by atomic mass is 10.0. The lowest BCUT2D eigenvalue weighted by Gasteiger charge is -2.22. The van der Waals surface area contributed by atoms with Crippen molar-refractivity contribution in [3.63, 3.8) is 0 Å². The zero-order chi connectivity index (χ0) is 24.7. The summed E-state index contributed by atoms with van der Waals surface area (Å²) in [6, 6.07) is 20.1. The van der Waals surface area contributed by atoms with E-state index in [1.54, 1.807) is 26.2 Å². The highest BCUT2D eigenvalue weighted by atomic mass is 32.2. The number of hydrogen-bond donors (Lipinski definition) is 2. The van der Waals surface area contributed by atoms with Crippen molar-refractivity contribution in [2.75, 3.05) is 14.2 Å². The highest BCUT2D eigenvalue weighted by Crippen LogP contribution is 2.25. The molecule has 0 aromatic heterocycles. The second-order valence-electron chi connectivity index (χ2n) is 8.02. The summed E-state index contributed by atoms with van der Waals surface area (Å²) in [5.74, 6) is 0.495. The number of methoxy groups -OCH3 is 2. The molecule has 0 heterocycles. The predicted molar refractivity (Wildman–Crippen MR) is 132 cm³/mol. The van der Waals surface area contributed by atoms with Crippen LogP contribution in [0.5, 0.6) is 11.5 Å². The average molecular weight is 483 g/mol. The first-order chi connectivity index (χ1) is 16.2. The maximum Gasteiger partial charge on any atom is 0.244 e. The molecule has 180 valence electrons. The maximum absolute atomic E-state index is 13.3. The Labute approximate surface area is 201 Å². The molecule has 0 spiro atoms. The van der Waals surface area contributed by atoms with Crippen molar-refractivity contribution in [2.24, 2.45) is 0 Å². The van der Waals surface area contributed by atoms with Crippen LogP contribution in [0.15, 0.2) is 77.7 Å². The number of ether oxygens (including phenoxy) is 2. The van der Waals surface area contributed by atoms with E-state index in [1.807, 2.05) is 61.5 Å². The number of carbonyl (C=O) groups is 1. The van der Waals surface area contributed by atoms with Gasteiger partial charge in [0.2, 0.25) is 15.9 Å². The van der Waals surface area contributed by atoms with Crippen LogP contribution in [0, 0.1) is 6.92 Å². The van der Waals surface area contributed by atoms with Gasteiger partial charge in [0.25, 0.3) is 0 Å². The summed E-state index contributed by atoms with van der Waals surface area (Å²) in [6.07, 6.45) is 0.190. The number of benzene rings is 3. The Morgan fingerprint density at radius 3 is 2.24 bits per heavy atom. The van der Waals surface area contributed by atoms with Gasteiger partial charge in [0.15, 0.2) is 0 Å². The SMILES string of the molecule is COc1ccc([C@@H](C)NC(=O)[C@H](Cc2ccccc2)NS(=O)(=O)c2cc(C)ccc2OC)cc1. The monoisotopic (exact) mass is 482 g/mol. The van der Waals surface area contributed by atoms with Gasteiger partial charge in [-0.05, 0) is 61.2 Å². The molecule has 0 bridgehead atoms. The molecule has 0 unspecified atom stereocenters. The quantitative estimate of drug-likeness (QED) is 0.459. The van der Waals surface area contributed by atoms with E-state index in [0.29, 0.717) is 5.75 Å². The Morgan fingerprint density at radius 1 is 0.941 bits per heavy atom. The third-order valence-corrected chi connectivity index (χ3v) is 6.97. The lowest BCUT2D eigenvalue weighted by molar-refractivity contribution is -0.123. The van der Waals surface area contributed by atoms with Crippen molar-refractivity contribution >= 4 is 15.9 Å². The van der Waals surface area contributed by atoms with Crippen molar-refractivity contribution in [3.05, 3.63) is 89.5 Å². The molecule has 3 rings (SSSR count). The number of sulfonamides is 1. The first kappa shape index (κ1) is 25.3. The van der Waals surface area contributed by atoms with E-state index in [9.17, 15) is 13.2 Å². The Hall–Kier alpha value is -3.36. The fourth-order valence-electron chi connectivity index (χ4n) is 3.57. The number of hydrogen-bond acceptors (Lipinski definition) is 5. The normalized spacial score (nSPS) is 13.1. The second-order valence-corrected chi connectivity index (χ2v) is 9.70. The van der Waals surface area contributed by atoms with Gasteiger partial charge < -0.3 is 14.8 Å². The predicted octanol–water partition coefficient (Wildman–Crippen LogP) is 3.78. The summed E-state index contributed by atoms with van der Waals surface area (Å²) < 4.78 is 39.7. The number of rotatable bonds is 10. The molecule has 3 aromatic rings. The van der Waals surface area contributed by atoms with Crippen LogP contribution in [-0.4, -0.2) is 34.6 Å². The first-order valence-electron chi connectivity index (χ1n) is 10.9. The van der Waals surface area contributed by atoms with Gasteiger partial charge in [-0.2, -0.15) is 4.72 Å². The highest BCUT2D eigenvalue weighted by Gasteiger charge is 2.29. The minimum Gasteiger partial charge on any atom is -0.497 e. The first-order valence-corrected chi connectivity index (χ1v) is 12.4.